The maximum Gasteiger partial charge on any atom is 0.162 e. The molecule has 534 valence electrons. The summed E-state index contributed by atoms with van der Waals surface area (Å²) >= 11 is 0. The van der Waals surface area contributed by atoms with Gasteiger partial charge in [0.2, 0.25) is 0 Å². The van der Waals surface area contributed by atoms with E-state index in [1.165, 1.54) is 28.6 Å². The first-order valence-electron chi connectivity index (χ1n) is 36.5. The summed E-state index contributed by atoms with van der Waals surface area (Å²) in [5.41, 5.74) is 13.9. The molecule has 17 rings (SSSR count). The number of para-hydroxylation sites is 4. The number of piperidine rings is 1. The first kappa shape index (κ1) is 71.8. The third-order valence-electron chi connectivity index (χ3n) is 19.1. The first-order valence-corrected chi connectivity index (χ1v) is 36.5. The van der Waals surface area contributed by atoms with E-state index in [4.69, 9.17) is 29.9 Å². The van der Waals surface area contributed by atoms with Gasteiger partial charge in [0.05, 0.1) is 22.1 Å². The summed E-state index contributed by atoms with van der Waals surface area (Å²) in [7, 11) is 4.09. The van der Waals surface area contributed by atoms with Crippen molar-refractivity contribution in [3.05, 3.63) is 344 Å². The fourth-order valence-corrected chi connectivity index (χ4v) is 13.0. The Hall–Kier alpha value is -13.2. The van der Waals surface area contributed by atoms with Gasteiger partial charge in [0, 0.05) is 119 Å². The maximum atomic E-state index is 13.9. The summed E-state index contributed by atoms with van der Waals surface area (Å²) in [5.74, 6) is 6.32. The van der Waals surface area contributed by atoms with Gasteiger partial charge < -0.3 is 25.8 Å². The molecule has 3 N–H and O–H groups in total. The van der Waals surface area contributed by atoms with E-state index >= 15 is 0 Å². The lowest BCUT2D eigenvalue weighted by Gasteiger charge is -2.33. The predicted octanol–water partition coefficient (Wildman–Crippen LogP) is 21.8. The minimum absolute atomic E-state index is 0.124. The quantitative estimate of drug-likeness (QED) is 0.0791. The fourth-order valence-electron chi connectivity index (χ4n) is 13.0. The normalized spacial score (nSPS) is 12.2. The van der Waals surface area contributed by atoms with Gasteiger partial charge in [-0.3, -0.25) is 4.98 Å². The molecular weight excluding hydrogens is 1340 g/mol. The van der Waals surface area contributed by atoms with Crippen molar-refractivity contribution in [1.29, 1.82) is 0 Å². The fraction of sp³-hybridized carbons (Fsp3) is 0.141. The molecule has 0 amide bonds. The number of nitrogens with one attached hydrogen (secondary N) is 3. The van der Waals surface area contributed by atoms with Gasteiger partial charge in [-0.2, -0.15) is 0 Å². The van der Waals surface area contributed by atoms with Crippen LogP contribution in [0.2, 0.25) is 0 Å². The number of hydrogen-bond donors (Lipinski definition) is 3. The lowest BCUT2D eigenvalue weighted by atomic mass is 9.93. The molecule has 5 aromatic heterocycles. The monoisotopic (exact) mass is 1420 g/mol. The van der Waals surface area contributed by atoms with Crippen LogP contribution in [0.15, 0.2) is 310 Å². The molecule has 0 radical (unpaired) electrons. The zero-order valence-electron chi connectivity index (χ0n) is 60.7. The summed E-state index contributed by atoms with van der Waals surface area (Å²) in [6.45, 7) is 7.27. The Bertz CT molecular complexity index is 5620. The van der Waals surface area contributed by atoms with Gasteiger partial charge in [-0.1, -0.05) is 214 Å². The van der Waals surface area contributed by atoms with Gasteiger partial charge in [0.25, 0.3) is 0 Å². The third-order valence-corrected chi connectivity index (χ3v) is 19.1. The van der Waals surface area contributed by atoms with Crippen molar-refractivity contribution in [2.75, 3.05) is 52.9 Å². The van der Waals surface area contributed by atoms with Crippen LogP contribution in [0, 0.1) is 11.6 Å². The minimum atomic E-state index is -0.472. The average molecular weight is 1420 g/mol. The zero-order valence-corrected chi connectivity index (χ0v) is 60.7. The van der Waals surface area contributed by atoms with E-state index < -0.39 is 11.6 Å². The van der Waals surface area contributed by atoms with E-state index in [0.29, 0.717) is 30.0 Å². The van der Waals surface area contributed by atoms with Crippen molar-refractivity contribution in [3.8, 4) is 45.6 Å². The first-order chi connectivity index (χ1) is 53.0. The van der Waals surface area contributed by atoms with Crippen molar-refractivity contribution in [2.24, 2.45) is 0 Å². The summed E-state index contributed by atoms with van der Waals surface area (Å²) in [6, 6.07) is 99.0. The molecule has 14 nitrogen and oxygen atoms in total. The smallest absolute Gasteiger partial charge is 0.162 e. The summed E-state index contributed by atoms with van der Waals surface area (Å²) < 4.78 is 27.3. The van der Waals surface area contributed by atoms with Crippen LogP contribution in [0.25, 0.3) is 89.2 Å². The largest absolute Gasteiger partial charge is 0.378 e. The predicted molar refractivity (Wildman–Crippen MR) is 439 cm³/mol. The van der Waals surface area contributed by atoms with Crippen molar-refractivity contribution in [3.63, 3.8) is 0 Å². The van der Waals surface area contributed by atoms with Crippen LogP contribution in [0.4, 0.5) is 43.4 Å². The number of nitrogens with zero attached hydrogens (tertiary/aromatic N) is 11. The van der Waals surface area contributed by atoms with Crippen LogP contribution in [0.5, 0.6) is 0 Å². The second-order valence-corrected chi connectivity index (χ2v) is 26.7. The maximum absolute atomic E-state index is 13.9. The van der Waals surface area contributed by atoms with E-state index in [2.05, 4.69) is 158 Å². The van der Waals surface area contributed by atoms with Crippen LogP contribution < -0.4 is 25.8 Å². The Kier molecular flexibility index (Phi) is 23.0. The highest BCUT2D eigenvalue weighted by atomic mass is 19.1. The highest BCUT2D eigenvalue weighted by molar-refractivity contribution is 5.94. The van der Waals surface area contributed by atoms with Crippen LogP contribution in [0.1, 0.15) is 67.3 Å². The molecule has 1 saturated heterocycles. The number of halogens is 2. The number of anilines is 6. The molecule has 108 heavy (non-hydrogen) atoms. The van der Waals surface area contributed by atoms with Gasteiger partial charge >= 0.3 is 0 Å². The number of benzene rings is 11. The number of fused-ring (bicyclic) bond motifs is 4. The second kappa shape index (κ2) is 34.6. The van der Waals surface area contributed by atoms with Gasteiger partial charge in [0.1, 0.15) is 34.9 Å². The lowest BCUT2D eigenvalue weighted by Crippen LogP contribution is -2.34. The summed E-state index contributed by atoms with van der Waals surface area (Å²) in [5, 5.41) is 14.1. The number of aromatic nitrogens is 9. The Morgan fingerprint density at radius 1 is 0.426 bits per heavy atom. The van der Waals surface area contributed by atoms with E-state index in [9.17, 15) is 8.78 Å². The molecule has 0 aliphatic carbocycles. The second-order valence-electron chi connectivity index (χ2n) is 26.7. The summed E-state index contributed by atoms with van der Waals surface area (Å²) in [4.78, 5) is 47.2. The molecule has 1 atom stereocenters. The molecule has 1 fully saturated rings. The molecule has 16 aromatic rings. The van der Waals surface area contributed by atoms with Gasteiger partial charge in [-0.25, -0.2) is 48.7 Å². The SMILES string of the molecule is CCC(C)c1ccc(Nc2nc(-c3ccccc3)nc3ccccc23)cc1.CN(C)c1ccc(CNc2nc(-c3ccccc3)nc3ccccc23)cc1.Fc1ccc(F)c(CNc2nc(-c3ccccc3)nc3ccccc23)c1.c1ccc(-c2nc(N3CCC(c4ccccn4)CC3)c3ccccc3n2)cc1. The van der Waals surface area contributed by atoms with E-state index in [-0.39, 0.29) is 12.1 Å². The lowest BCUT2D eigenvalue weighted by molar-refractivity contribution is 0.494. The number of rotatable bonds is 17. The number of pyridine rings is 1. The average Bonchev–Trinajstić information content (AvgIpc) is 0.779. The Morgan fingerprint density at radius 2 is 0.852 bits per heavy atom. The molecule has 0 spiro atoms. The van der Waals surface area contributed by atoms with Crippen molar-refractivity contribution >= 4 is 78.3 Å². The summed E-state index contributed by atoms with van der Waals surface area (Å²) in [6.07, 6.45) is 5.22. The minimum Gasteiger partial charge on any atom is -0.378 e. The zero-order chi connectivity index (χ0) is 74.0. The standard InChI is InChI=1S/C24H22N4.C24H23N3.C23H22N4.C21H15F2N3/c1-2-8-19(9-3-1)23-26-22-12-5-4-10-20(22)24(27-23)28-16-13-18(14-17-28)21-11-6-7-15-25-21;1-3-17(2)18-13-15-20(16-14-18)25-24-21-11-7-8-12-22(21)26-23(27-24)19-9-5-4-6-10-19;1-27(2)19-14-12-17(13-15-19)16-24-23-20-10-6-7-11-21(20)25-22(26-23)18-8-4-3-5-9-18;22-16-10-11-18(23)15(12-16)13-24-21-17-8-4-5-9-19(17)25-20(26-21)14-6-2-1-3-7-14/h1-12,15,18H,13-14,16-17H2;4-17H,3H2,1-2H3,(H,25,26,27);3-15H,16H2,1-2H3,(H,24,25,26);1-12H,13H2,(H,24,25,26). The Morgan fingerprint density at radius 3 is 1.32 bits per heavy atom. The van der Waals surface area contributed by atoms with E-state index in [1.54, 1.807) is 0 Å². The van der Waals surface area contributed by atoms with Gasteiger partial charge in [-0.15, -0.1) is 0 Å². The van der Waals surface area contributed by atoms with Crippen molar-refractivity contribution in [1.82, 2.24) is 44.9 Å². The van der Waals surface area contributed by atoms with Crippen molar-refractivity contribution < 1.29 is 8.78 Å². The topological polar surface area (TPSA) is 159 Å². The molecule has 11 aromatic carbocycles. The van der Waals surface area contributed by atoms with Gasteiger partial charge in [0.15, 0.2) is 23.3 Å². The van der Waals surface area contributed by atoms with Crippen LogP contribution in [-0.4, -0.2) is 72.0 Å². The molecule has 16 heteroatoms. The molecular formula is C92H82F2N14. The van der Waals surface area contributed by atoms with Crippen LogP contribution >= 0.6 is 0 Å². The molecule has 1 unspecified atom stereocenters. The molecule has 1 aliphatic rings. The Balaban J connectivity index is 0.000000121. The molecule has 0 bridgehead atoms. The van der Waals surface area contributed by atoms with E-state index in [1.807, 2.05) is 202 Å². The van der Waals surface area contributed by atoms with Crippen LogP contribution in [-0.2, 0) is 13.1 Å². The van der Waals surface area contributed by atoms with Crippen molar-refractivity contribution in [2.45, 2.75) is 58.0 Å². The van der Waals surface area contributed by atoms with Gasteiger partial charge in [-0.05, 0) is 139 Å². The third kappa shape index (κ3) is 17.8. The number of hydrogen-bond acceptors (Lipinski definition) is 14. The van der Waals surface area contributed by atoms with Crippen LogP contribution in [0.3, 0.4) is 0 Å². The molecule has 0 saturated carbocycles. The Labute approximate surface area is 628 Å². The highest BCUT2D eigenvalue weighted by Crippen LogP contribution is 2.35. The molecule has 1 aliphatic heterocycles. The van der Waals surface area contributed by atoms with E-state index in [0.717, 1.165) is 151 Å². The highest BCUT2D eigenvalue weighted by Gasteiger charge is 2.25. The molecule has 6 heterocycles.